The number of nitrogens with zero attached hydrogens (tertiary/aromatic N) is 1. The minimum Gasteiger partial charge on any atom is -0.326 e. The maximum atomic E-state index is 12.9. The SMILES string of the molecule is CC(=O)Nc1ccc(NC(=O)[C@H](C)N2CCC[C@@H](C(F)(F)F)C2)cc1. The van der Waals surface area contributed by atoms with Crippen LogP contribution in [0.4, 0.5) is 24.5 Å². The van der Waals surface area contributed by atoms with Gasteiger partial charge in [0.25, 0.3) is 0 Å². The van der Waals surface area contributed by atoms with Crippen LogP contribution in [0.15, 0.2) is 24.3 Å². The normalized spacial score (nSPS) is 20.0. The quantitative estimate of drug-likeness (QED) is 0.870. The highest BCUT2D eigenvalue weighted by Gasteiger charge is 2.43. The first-order valence-corrected chi connectivity index (χ1v) is 8.16. The third kappa shape index (κ3) is 5.45. The number of carbonyl (C=O) groups excluding carboxylic acids is 2. The fourth-order valence-electron chi connectivity index (χ4n) is 2.88. The molecule has 0 bridgehead atoms. The van der Waals surface area contributed by atoms with Crippen molar-refractivity contribution in [1.29, 1.82) is 0 Å². The summed E-state index contributed by atoms with van der Waals surface area (Å²) in [5, 5.41) is 5.31. The smallest absolute Gasteiger partial charge is 0.326 e. The molecule has 1 aromatic rings. The van der Waals surface area contributed by atoms with Crippen LogP contribution in [0.3, 0.4) is 0 Å². The largest absolute Gasteiger partial charge is 0.393 e. The van der Waals surface area contributed by atoms with Crippen molar-refractivity contribution in [2.75, 3.05) is 23.7 Å². The molecule has 0 saturated carbocycles. The van der Waals surface area contributed by atoms with E-state index in [2.05, 4.69) is 10.6 Å². The number of likely N-dealkylation sites (tertiary alicyclic amines) is 1. The van der Waals surface area contributed by atoms with Gasteiger partial charge in [0.05, 0.1) is 12.0 Å². The molecule has 25 heavy (non-hydrogen) atoms. The van der Waals surface area contributed by atoms with E-state index in [0.29, 0.717) is 24.3 Å². The number of alkyl halides is 3. The lowest BCUT2D eigenvalue weighted by atomic mass is 9.96. The first-order chi connectivity index (χ1) is 11.7. The highest BCUT2D eigenvalue weighted by molar-refractivity contribution is 5.95. The molecule has 1 saturated heterocycles. The Bertz CT molecular complexity index is 617. The van der Waals surface area contributed by atoms with Gasteiger partial charge in [-0.3, -0.25) is 14.5 Å². The van der Waals surface area contributed by atoms with Crippen molar-refractivity contribution in [3.05, 3.63) is 24.3 Å². The molecule has 0 aromatic heterocycles. The zero-order valence-electron chi connectivity index (χ0n) is 14.2. The lowest BCUT2D eigenvalue weighted by Gasteiger charge is -2.36. The van der Waals surface area contributed by atoms with Crippen LogP contribution >= 0.6 is 0 Å². The van der Waals surface area contributed by atoms with E-state index >= 15 is 0 Å². The number of piperidine rings is 1. The molecular formula is C17H22F3N3O2. The number of carbonyl (C=O) groups is 2. The third-order valence-electron chi connectivity index (χ3n) is 4.32. The number of hydrogen-bond acceptors (Lipinski definition) is 3. The number of anilines is 2. The van der Waals surface area contributed by atoms with Gasteiger partial charge in [-0.2, -0.15) is 13.2 Å². The Morgan fingerprint density at radius 1 is 1.16 bits per heavy atom. The summed E-state index contributed by atoms with van der Waals surface area (Å²) >= 11 is 0. The number of benzene rings is 1. The Labute approximate surface area is 144 Å². The molecule has 2 amide bonds. The highest BCUT2D eigenvalue weighted by Crippen LogP contribution is 2.33. The van der Waals surface area contributed by atoms with Crippen molar-refractivity contribution < 1.29 is 22.8 Å². The standard InChI is InChI=1S/C17H22F3N3O2/c1-11(23-9-3-4-13(10-23)17(18,19)20)16(25)22-15-7-5-14(6-8-15)21-12(2)24/h5-8,11,13H,3-4,9-10H2,1-2H3,(H,21,24)(H,22,25)/t11-,13+/m0/s1. The van der Waals surface area contributed by atoms with Crippen LogP contribution in [-0.4, -0.2) is 42.0 Å². The lowest BCUT2D eigenvalue weighted by Crippen LogP contribution is -2.49. The average molecular weight is 357 g/mol. The minimum absolute atomic E-state index is 0.110. The van der Waals surface area contributed by atoms with Gasteiger partial charge >= 0.3 is 6.18 Å². The maximum absolute atomic E-state index is 12.9. The number of rotatable bonds is 4. The van der Waals surface area contributed by atoms with Crippen molar-refractivity contribution >= 4 is 23.2 Å². The Balaban J connectivity index is 1.94. The van der Waals surface area contributed by atoms with E-state index in [1.807, 2.05) is 0 Å². The van der Waals surface area contributed by atoms with Crippen LogP contribution in [0.2, 0.25) is 0 Å². The predicted molar refractivity (Wildman–Crippen MR) is 89.2 cm³/mol. The Morgan fingerprint density at radius 2 is 1.72 bits per heavy atom. The van der Waals surface area contributed by atoms with Crippen LogP contribution in [-0.2, 0) is 9.59 Å². The molecule has 0 spiro atoms. The molecule has 2 atom stereocenters. The van der Waals surface area contributed by atoms with Gasteiger partial charge in [0.2, 0.25) is 11.8 Å². The molecule has 0 aliphatic carbocycles. The molecule has 1 fully saturated rings. The Morgan fingerprint density at radius 3 is 2.24 bits per heavy atom. The van der Waals surface area contributed by atoms with Crippen molar-refractivity contribution in [2.24, 2.45) is 5.92 Å². The van der Waals surface area contributed by atoms with Gasteiger partial charge in [-0.1, -0.05) is 0 Å². The summed E-state index contributed by atoms with van der Waals surface area (Å²) in [6.07, 6.45) is -3.69. The summed E-state index contributed by atoms with van der Waals surface area (Å²) in [5.74, 6) is -1.93. The summed E-state index contributed by atoms with van der Waals surface area (Å²) < 4.78 is 38.7. The number of amides is 2. The molecule has 8 heteroatoms. The maximum Gasteiger partial charge on any atom is 0.393 e. The first kappa shape index (κ1) is 19.2. The molecule has 1 aliphatic heterocycles. The summed E-state index contributed by atoms with van der Waals surface area (Å²) in [6.45, 7) is 3.33. The molecule has 1 aliphatic rings. The monoisotopic (exact) mass is 357 g/mol. The molecule has 138 valence electrons. The van der Waals surface area contributed by atoms with E-state index in [0.717, 1.165) is 0 Å². The average Bonchev–Trinajstić information content (AvgIpc) is 2.55. The number of nitrogens with one attached hydrogen (secondary N) is 2. The molecule has 2 N–H and O–H groups in total. The Kier molecular flexibility index (Phi) is 6.05. The van der Waals surface area contributed by atoms with Gasteiger partial charge in [-0.05, 0) is 50.6 Å². The van der Waals surface area contributed by atoms with Crippen molar-refractivity contribution in [1.82, 2.24) is 4.90 Å². The highest BCUT2D eigenvalue weighted by atomic mass is 19.4. The van der Waals surface area contributed by atoms with Gasteiger partial charge in [0.15, 0.2) is 0 Å². The van der Waals surface area contributed by atoms with Crippen LogP contribution in [0.1, 0.15) is 26.7 Å². The molecule has 2 rings (SSSR count). The van der Waals surface area contributed by atoms with Crippen molar-refractivity contribution in [2.45, 2.75) is 38.9 Å². The van der Waals surface area contributed by atoms with Gasteiger partial charge in [-0.25, -0.2) is 0 Å². The third-order valence-corrected chi connectivity index (χ3v) is 4.32. The molecule has 0 radical (unpaired) electrons. The van der Waals surface area contributed by atoms with Gasteiger partial charge < -0.3 is 10.6 Å². The van der Waals surface area contributed by atoms with Crippen LogP contribution in [0, 0.1) is 5.92 Å². The summed E-state index contributed by atoms with van der Waals surface area (Å²) in [5.41, 5.74) is 1.12. The summed E-state index contributed by atoms with van der Waals surface area (Å²) in [4.78, 5) is 24.9. The lowest BCUT2D eigenvalue weighted by molar-refractivity contribution is -0.188. The second kappa shape index (κ2) is 7.86. The summed E-state index contributed by atoms with van der Waals surface area (Å²) in [6, 6.07) is 5.89. The molecular weight excluding hydrogens is 335 g/mol. The first-order valence-electron chi connectivity index (χ1n) is 8.16. The second-order valence-electron chi connectivity index (χ2n) is 6.30. The summed E-state index contributed by atoms with van der Waals surface area (Å²) in [7, 11) is 0. The van der Waals surface area contributed by atoms with E-state index in [4.69, 9.17) is 0 Å². The number of halogens is 3. The topological polar surface area (TPSA) is 61.4 Å². The zero-order valence-corrected chi connectivity index (χ0v) is 14.2. The number of hydrogen-bond donors (Lipinski definition) is 2. The van der Waals surface area contributed by atoms with E-state index in [1.165, 1.54) is 6.92 Å². The predicted octanol–water partition coefficient (Wildman–Crippen LogP) is 3.25. The second-order valence-corrected chi connectivity index (χ2v) is 6.30. The molecule has 1 aromatic carbocycles. The molecule has 1 heterocycles. The van der Waals surface area contributed by atoms with E-state index < -0.39 is 18.1 Å². The van der Waals surface area contributed by atoms with E-state index in [9.17, 15) is 22.8 Å². The van der Waals surface area contributed by atoms with Crippen LogP contribution in [0.25, 0.3) is 0 Å². The van der Waals surface area contributed by atoms with Gasteiger partial charge in [-0.15, -0.1) is 0 Å². The molecule has 5 nitrogen and oxygen atoms in total. The zero-order chi connectivity index (χ0) is 18.6. The van der Waals surface area contributed by atoms with Crippen LogP contribution in [0.5, 0.6) is 0 Å². The van der Waals surface area contributed by atoms with E-state index in [-0.39, 0.29) is 24.8 Å². The molecule has 0 unspecified atom stereocenters. The fourth-order valence-corrected chi connectivity index (χ4v) is 2.88. The van der Waals surface area contributed by atoms with E-state index in [1.54, 1.807) is 36.1 Å². The van der Waals surface area contributed by atoms with Crippen molar-refractivity contribution in [3.8, 4) is 0 Å². The minimum atomic E-state index is -4.23. The Hall–Kier alpha value is -2.09. The van der Waals surface area contributed by atoms with Gasteiger partial charge in [0.1, 0.15) is 0 Å². The van der Waals surface area contributed by atoms with Crippen molar-refractivity contribution in [3.63, 3.8) is 0 Å². The van der Waals surface area contributed by atoms with Crippen LogP contribution < -0.4 is 10.6 Å². The fraction of sp³-hybridized carbons (Fsp3) is 0.529. The van der Waals surface area contributed by atoms with Gasteiger partial charge in [0, 0.05) is 24.8 Å².